The zero-order valence-electron chi connectivity index (χ0n) is 12.1. The van der Waals surface area contributed by atoms with Gasteiger partial charge in [0.25, 0.3) is 0 Å². The number of pyridine rings is 1. The fourth-order valence-electron chi connectivity index (χ4n) is 1.57. The zero-order chi connectivity index (χ0) is 13.4. The van der Waals surface area contributed by atoms with Crippen LogP contribution in [-0.2, 0) is 6.54 Å². The first-order valence-corrected chi connectivity index (χ1v) is 7.83. The molecule has 0 amide bonds. The molecule has 1 aromatic heterocycles. The summed E-state index contributed by atoms with van der Waals surface area (Å²) in [4.78, 5) is 4.50. The van der Waals surface area contributed by atoms with E-state index in [0.717, 1.165) is 6.54 Å². The maximum atomic E-state index is 4.50. The first-order chi connectivity index (χ1) is 8.53. The maximum Gasteiger partial charge on any atom is 0.100 e. The van der Waals surface area contributed by atoms with E-state index in [2.05, 4.69) is 44.1 Å². The standard InChI is InChI=1S/C15H26N2S/c1-5-6-7-11-18-14-13(9-8-10-16-14)12-17-15(2,3)4/h8-10,17H,5-7,11-12H2,1-4H3. The third-order valence-corrected chi connectivity index (χ3v) is 3.78. The monoisotopic (exact) mass is 266 g/mol. The molecule has 0 bridgehead atoms. The molecular weight excluding hydrogens is 240 g/mol. The second-order valence-electron chi connectivity index (χ2n) is 5.63. The maximum absolute atomic E-state index is 4.50. The van der Waals surface area contributed by atoms with Crippen molar-refractivity contribution in [1.29, 1.82) is 0 Å². The highest BCUT2D eigenvalue weighted by Crippen LogP contribution is 2.21. The van der Waals surface area contributed by atoms with Crippen molar-refractivity contribution in [2.24, 2.45) is 0 Å². The van der Waals surface area contributed by atoms with Gasteiger partial charge in [0.15, 0.2) is 0 Å². The summed E-state index contributed by atoms with van der Waals surface area (Å²) in [5.74, 6) is 1.17. The van der Waals surface area contributed by atoms with E-state index in [9.17, 15) is 0 Å². The average molecular weight is 266 g/mol. The lowest BCUT2D eigenvalue weighted by Crippen LogP contribution is -2.35. The topological polar surface area (TPSA) is 24.9 Å². The Morgan fingerprint density at radius 3 is 2.72 bits per heavy atom. The quantitative estimate of drug-likeness (QED) is 0.590. The Bertz CT molecular complexity index is 345. The molecular formula is C15H26N2S. The van der Waals surface area contributed by atoms with E-state index in [1.165, 1.54) is 35.6 Å². The molecule has 0 aliphatic carbocycles. The summed E-state index contributed by atoms with van der Waals surface area (Å²) in [5, 5.41) is 4.71. The average Bonchev–Trinajstić information content (AvgIpc) is 2.32. The molecule has 0 radical (unpaired) electrons. The van der Waals surface area contributed by atoms with E-state index in [1.54, 1.807) is 0 Å². The van der Waals surface area contributed by atoms with E-state index >= 15 is 0 Å². The van der Waals surface area contributed by atoms with E-state index < -0.39 is 0 Å². The van der Waals surface area contributed by atoms with Crippen molar-refractivity contribution in [3.05, 3.63) is 23.9 Å². The number of nitrogens with zero attached hydrogens (tertiary/aromatic N) is 1. The Balaban J connectivity index is 2.51. The van der Waals surface area contributed by atoms with Gasteiger partial charge in [0.2, 0.25) is 0 Å². The minimum absolute atomic E-state index is 0.153. The summed E-state index contributed by atoms with van der Waals surface area (Å²) in [6.45, 7) is 9.71. The largest absolute Gasteiger partial charge is 0.308 e. The number of unbranched alkanes of at least 4 members (excludes halogenated alkanes) is 2. The van der Waals surface area contributed by atoms with Crippen LogP contribution in [0.5, 0.6) is 0 Å². The molecule has 2 nitrogen and oxygen atoms in total. The summed E-state index contributed by atoms with van der Waals surface area (Å²) in [7, 11) is 0. The van der Waals surface area contributed by atoms with Crippen molar-refractivity contribution < 1.29 is 0 Å². The van der Waals surface area contributed by atoms with Gasteiger partial charge in [-0.05, 0) is 44.6 Å². The van der Waals surface area contributed by atoms with Gasteiger partial charge in [0.1, 0.15) is 5.03 Å². The Labute approximate surface area is 116 Å². The zero-order valence-corrected chi connectivity index (χ0v) is 12.9. The molecule has 0 saturated carbocycles. The van der Waals surface area contributed by atoms with Crippen LogP contribution in [0.1, 0.15) is 52.5 Å². The van der Waals surface area contributed by atoms with Crippen molar-refractivity contribution in [2.45, 2.75) is 64.1 Å². The van der Waals surface area contributed by atoms with Crippen molar-refractivity contribution in [2.75, 3.05) is 5.75 Å². The second kappa shape index (κ2) is 7.80. The highest BCUT2D eigenvalue weighted by molar-refractivity contribution is 7.99. The highest BCUT2D eigenvalue weighted by atomic mass is 32.2. The normalized spacial score (nSPS) is 11.8. The van der Waals surface area contributed by atoms with Crippen molar-refractivity contribution >= 4 is 11.8 Å². The predicted molar refractivity (Wildman–Crippen MR) is 81.1 cm³/mol. The minimum Gasteiger partial charge on any atom is -0.308 e. The molecule has 1 N–H and O–H groups in total. The molecule has 1 aromatic rings. The number of rotatable bonds is 7. The van der Waals surface area contributed by atoms with Crippen LogP contribution in [0.15, 0.2) is 23.4 Å². The van der Waals surface area contributed by atoms with E-state index in [1.807, 2.05) is 24.0 Å². The van der Waals surface area contributed by atoms with Gasteiger partial charge in [-0.15, -0.1) is 11.8 Å². The number of nitrogens with one attached hydrogen (secondary N) is 1. The highest BCUT2D eigenvalue weighted by Gasteiger charge is 2.10. The second-order valence-corrected chi connectivity index (χ2v) is 6.71. The van der Waals surface area contributed by atoms with Gasteiger partial charge in [-0.3, -0.25) is 0 Å². The molecule has 0 spiro atoms. The van der Waals surface area contributed by atoms with Crippen LogP contribution < -0.4 is 5.32 Å². The van der Waals surface area contributed by atoms with Crippen molar-refractivity contribution in [3.63, 3.8) is 0 Å². The minimum atomic E-state index is 0.153. The molecule has 0 aliphatic rings. The third kappa shape index (κ3) is 6.41. The predicted octanol–water partition coefficient (Wildman–Crippen LogP) is 4.25. The van der Waals surface area contributed by atoms with Gasteiger partial charge in [0, 0.05) is 18.3 Å². The van der Waals surface area contributed by atoms with E-state index in [0.29, 0.717) is 0 Å². The summed E-state index contributed by atoms with van der Waals surface area (Å²) in [5.41, 5.74) is 1.47. The summed E-state index contributed by atoms with van der Waals surface area (Å²) in [6, 6.07) is 4.20. The molecule has 0 saturated heterocycles. The first kappa shape index (κ1) is 15.5. The van der Waals surface area contributed by atoms with Crippen LogP contribution in [0, 0.1) is 0 Å². The SMILES string of the molecule is CCCCCSc1ncccc1CNC(C)(C)C. The van der Waals surface area contributed by atoms with Gasteiger partial charge in [-0.25, -0.2) is 4.98 Å². The molecule has 102 valence electrons. The van der Waals surface area contributed by atoms with Crippen LogP contribution in [0.4, 0.5) is 0 Å². The Hall–Kier alpha value is -0.540. The van der Waals surface area contributed by atoms with Crippen molar-refractivity contribution in [3.8, 4) is 0 Å². The van der Waals surface area contributed by atoms with Crippen LogP contribution in [0.25, 0.3) is 0 Å². The number of hydrogen-bond donors (Lipinski definition) is 1. The van der Waals surface area contributed by atoms with Crippen LogP contribution in [-0.4, -0.2) is 16.3 Å². The molecule has 3 heteroatoms. The first-order valence-electron chi connectivity index (χ1n) is 6.84. The lowest BCUT2D eigenvalue weighted by Gasteiger charge is -2.21. The van der Waals surface area contributed by atoms with Crippen molar-refractivity contribution in [1.82, 2.24) is 10.3 Å². The fourth-order valence-corrected chi connectivity index (χ4v) is 2.57. The molecule has 0 fully saturated rings. The smallest absolute Gasteiger partial charge is 0.100 e. The summed E-state index contributed by atoms with van der Waals surface area (Å²) >= 11 is 1.89. The number of thioether (sulfide) groups is 1. The van der Waals surface area contributed by atoms with Gasteiger partial charge in [0.05, 0.1) is 0 Å². The lowest BCUT2D eigenvalue weighted by atomic mass is 10.1. The summed E-state index contributed by atoms with van der Waals surface area (Å²) < 4.78 is 0. The molecule has 18 heavy (non-hydrogen) atoms. The Kier molecular flexibility index (Phi) is 6.72. The number of hydrogen-bond acceptors (Lipinski definition) is 3. The molecule has 1 rings (SSSR count). The number of aromatic nitrogens is 1. The lowest BCUT2D eigenvalue weighted by molar-refractivity contribution is 0.422. The Morgan fingerprint density at radius 1 is 1.28 bits per heavy atom. The molecule has 0 aliphatic heterocycles. The summed E-state index contributed by atoms with van der Waals surface area (Å²) in [6.07, 6.45) is 5.77. The van der Waals surface area contributed by atoms with Gasteiger partial charge >= 0.3 is 0 Å². The third-order valence-electron chi connectivity index (χ3n) is 2.65. The molecule has 0 atom stereocenters. The van der Waals surface area contributed by atoms with Gasteiger partial charge < -0.3 is 5.32 Å². The Morgan fingerprint density at radius 2 is 2.06 bits per heavy atom. The van der Waals surface area contributed by atoms with Crippen LogP contribution in [0.2, 0.25) is 0 Å². The van der Waals surface area contributed by atoms with Crippen LogP contribution in [0.3, 0.4) is 0 Å². The fraction of sp³-hybridized carbons (Fsp3) is 0.667. The van der Waals surface area contributed by atoms with Crippen LogP contribution >= 0.6 is 11.8 Å². The van der Waals surface area contributed by atoms with Gasteiger partial charge in [-0.2, -0.15) is 0 Å². The van der Waals surface area contributed by atoms with E-state index in [4.69, 9.17) is 0 Å². The molecule has 1 heterocycles. The van der Waals surface area contributed by atoms with E-state index in [-0.39, 0.29) is 5.54 Å². The molecule has 0 unspecified atom stereocenters. The molecule has 0 aromatic carbocycles. The van der Waals surface area contributed by atoms with Gasteiger partial charge in [-0.1, -0.05) is 25.8 Å².